The van der Waals surface area contributed by atoms with Crippen molar-refractivity contribution >= 4 is 50.0 Å². The lowest BCUT2D eigenvalue weighted by atomic mass is 10.3. The van der Waals surface area contributed by atoms with E-state index in [9.17, 15) is 13.2 Å². The van der Waals surface area contributed by atoms with Crippen molar-refractivity contribution in [3.8, 4) is 0 Å². The third-order valence-electron chi connectivity index (χ3n) is 3.75. The van der Waals surface area contributed by atoms with Gasteiger partial charge in [0.25, 0.3) is 0 Å². The average Bonchev–Trinajstić information content (AvgIpc) is 2.79. The predicted octanol–water partition coefficient (Wildman–Crippen LogP) is 3.57. The molecule has 0 unspecified atom stereocenters. The number of hydrogen-bond donors (Lipinski definition) is 1. The van der Waals surface area contributed by atoms with Gasteiger partial charge in [0.2, 0.25) is 9.84 Å². The highest BCUT2D eigenvalue weighted by atomic mass is 35.5. The van der Waals surface area contributed by atoms with Gasteiger partial charge in [0.05, 0.1) is 9.92 Å². The Hall–Kier alpha value is -2.09. The van der Waals surface area contributed by atoms with Crippen molar-refractivity contribution in [3.05, 3.63) is 52.3 Å². The molecule has 0 fully saturated rings. The van der Waals surface area contributed by atoms with Crippen LogP contribution in [0.1, 0.15) is 5.69 Å². The fraction of sp³-hybridized carbons (Fsp3) is 0.125. The Morgan fingerprint density at radius 2 is 1.84 bits per heavy atom. The molecule has 6 nitrogen and oxygen atoms in total. The minimum Gasteiger partial charge on any atom is -0.480 e. The van der Waals surface area contributed by atoms with Crippen LogP contribution in [0.3, 0.4) is 0 Å². The summed E-state index contributed by atoms with van der Waals surface area (Å²) in [5, 5.41) is 10.1. The summed E-state index contributed by atoms with van der Waals surface area (Å²) in [5.41, 5.74) is 0.527. The van der Waals surface area contributed by atoms with Gasteiger partial charge in [0.1, 0.15) is 17.1 Å². The smallest absolute Gasteiger partial charge is 0.323 e. The van der Waals surface area contributed by atoms with Crippen molar-refractivity contribution in [2.24, 2.45) is 0 Å². The minimum absolute atomic E-state index is 0.0129. The maximum Gasteiger partial charge on any atom is 0.323 e. The number of benzene rings is 1. The van der Waals surface area contributed by atoms with E-state index in [-0.39, 0.29) is 31.5 Å². The summed E-state index contributed by atoms with van der Waals surface area (Å²) in [6.45, 7) is 1.13. The molecular weight excluding hydrogens is 387 g/mol. The van der Waals surface area contributed by atoms with E-state index in [1.54, 1.807) is 6.92 Å². The number of pyridine rings is 1. The number of carbonyl (C=O) groups is 1. The highest BCUT2D eigenvalue weighted by molar-refractivity contribution is 7.91. The standard InChI is InChI=1S/C16H12Cl2N2O4S/c1-9-15(25(23,24)12-4-2-10(17)3-5-12)13-6-11(18)7-19-16(13)20(9)8-14(21)22/h2-7H,8H2,1H3,(H,21,22). The molecule has 25 heavy (non-hydrogen) atoms. The van der Waals surface area contributed by atoms with Gasteiger partial charge in [-0.2, -0.15) is 0 Å². The SMILES string of the molecule is Cc1c(S(=O)(=O)c2ccc(Cl)cc2)c2cc(Cl)cnc2n1CC(=O)O. The quantitative estimate of drug-likeness (QED) is 0.725. The van der Waals surface area contributed by atoms with Crippen LogP contribution < -0.4 is 0 Å². The molecule has 0 aliphatic heterocycles. The lowest BCUT2D eigenvalue weighted by Gasteiger charge is -2.07. The summed E-state index contributed by atoms with van der Waals surface area (Å²) in [6.07, 6.45) is 1.35. The molecule has 0 bridgehead atoms. The number of sulfone groups is 1. The first-order valence-electron chi connectivity index (χ1n) is 7.08. The van der Waals surface area contributed by atoms with Gasteiger partial charge in [0.15, 0.2) is 0 Å². The lowest BCUT2D eigenvalue weighted by Crippen LogP contribution is -2.11. The number of aromatic nitrogens is 2. The maximum absolute atomic E-state index is 13.1. The van der Waals surface area contributed by atoms with Gasteiger partial charge >= 0.3 is 5.97 Å². The number of nitrogens with zero attached hydrogens (tertiary/aromatic N) is 2. The van der Waals surface area contributed by atoms with Gasteiger partial charge in [-0.3, -0.25) is 4.79 Å². The Balaban J connectivity index is 2.35. The largest absolute Gasteiger partial charge is 0.480 e. The molecule has 1 N–H and O–H groups in total. The van der Waals surface area contributed by atoms with Crippen molar-refractivity contribution in [2.75, 3.05) is 0 Å². The molecule has 0 atom stereocenters. The first-order valence-corrected chi connectivity index (χ1v) is 9.32. The van der Waals surface area contributed by atoms with Crippen LogP contribution in [-0.4, -0.2) is 29.0 Å². The molecule has 0 spiro atoms. The molecule has 0 aliphatic carbocycles. The zero-order valence-electron chi connectivity index (χ0n) is 12.9. The number of rotatable bonds is 4. The first-order chi connectivity index (χ1) is 11.7. The fourth-order valence-corrected chi connectivity index (χ4v) is 4.64. The van der Waals surface area contributed by atoms with Gasteiger partial charge in [0, 0.05) is 22.3 Å². The van der Waals surface area contributed by atoms with Gasteiger partial charge in [-0.25, -0.2) is 13.4 Å². The third kappa shape index (κ3) is 3.10. The van der Waals surface area contributed by atoms with Crippen LogP contribution >= 0.6 is 23.2 Å². The normalized spacial score (nSPS) is 11.8. The molecule has 0 radical (unpaired) electrons. The van der Waals surface area contributed by atoms with Crippen molar-refractivity contribution in [3.63, 3.8) is 0 Å². The van der Waals surface area contributed by atoms with Crippen molar-refractivity contribution in [2.45, 2.75) is 23.3 Å². The molecule has 2 aromatic heterocycles. The highest BCUT2D eigenvalue weighted by Gasteiger charge is 2.28. The molecule has 130 valence electrons. The van der Waals surface area contributed by atoms with E-state index in [1.165, 1.54) is 41.1 Å². The Bertz CT molecular complexity index is 1090. The number of carboxylic acids is 1. The first kappa shape index (κ1) is 17.7. The summed E-state index contributed by atoms with van der Waals surface area (Å²) in [6, 6.07) is 7.22. The second-order valence-corrected chi connectivity index (χ2v) is 8.14. The van der Waals surface area contributed by atoms with Crippen molar-refractivity contribution < 1.29 is 18.3 Å². The van der Waals surface area contributed by atoms with Crippen LogP contribution in [0.2, 0.25) is 10.0 Å². The fourth-order valence-electron chi connectivity index (χ4n) is 2.69. The van der Waals surface area contributed by atoms with Gasteiger partial charge in [-0.15, -0.1) is 0 Å². The minimum atomic E-state index is -3.92. The van der Waals surface area contributed by atoms with Crippen molar-refractivity contribution in [1.29, 1.82) is 0 Å². The molecule has 1 aromatic carbocycles. The summed E-state index contributed by atoms with van der Waals surface area (Å²) in [7, 11) is -3.92. The number of fused-ring (bicyclic) bond motifs is 1. The third-order valence-corrected chi connectivity index (χ3v) is 6.16. The van der Waals surface area contributed by atoms with E-state index in [0.717, 1.165) is 0 Å². The van der Waals surface area contributed by atoms with Crippen molar-refractivity contribution in [1.82, 2.24) is 9.55 Å². The van der Waals surface area contributed by atoms with Crippen LogP contribution in [0.25, 0.3) is 11.0 Å². The summed E-state index contributed by atoms with van der Waals surface area (Å²) in [4.78, 5) is 15.3. The molecule has 2 heterocycles. The van der Waals surface area contributed by atoms with E-state index < -0.39 is 22.4 Å². The van der Waals surface area contributed by atoms with Gasteiger partial charge in [-0.05, 0) is 37.3 Å². The van der Waals surface area contributed by atoms with Crippen LogP contribution in [0, 0.1) is 6.92 Å². The zero-order valence-corrected chi connectivity index (χ0v) is 15.2. The Morgan fingerprint density at radius 3 is 2.44 bits per heavy atom. The molecule has 0 aliphatic rings. The van der Waals surface area contributed by atoms with E-state index in [4.69, 9.17) is 28.3 Å². The highest BCUT2D eigenvalue weighted by Crippen LogP contribution is 2.34. The van der Waals surface area contributed by atoms with Crippen LogP contribution in [0.4, 0.5) is 0 Å². The summed E-state index contributed by atoms with van der Waals surface area (Å²) >= 11 is 11.8. The monoisotopic (exact) mass is 398 g/mol. The van der Waals surface area contributed by atoms with E-state index >= 15 is 0 Å². The molecule has 3 rings (SSSR count). The Kier molecular flexibility index (Phi) is 4.49. The lowest BCUT2D eigenvalue weighted by molar-refractivity contribution is -0.137. The number of carboxylic acid groups (broad SMARTS) is 1. The topological polar surface area (TPSA) is 89.3 Å². The average molecular weight is 399 g/mol. The van der Waals surface area contributed by atoms with Crippen LogP contribution in [0.5, 0.6) is 0 Å². The second-order valence-electron chi connectivity index (χ2n) is 5.38. The van der Waals surface area contributed by atoms with Gasteiger partial charge < -0.3 is 9.67 Å². The molecule has 0 saturated heterocycles. The van der Waals surface area contributed by atoms with E-state index in [2.05, 4.69) is 4.98 Å². The Morgan fingerprint density at radius 1 is 1.20 bits per heavy atom. The molecule has 0 saturated carbocycles. The summed E-state index contributed by atoms with van der Waals surface area (Å²) in [5.74, 6) is -1.10. The second kappa shape index (κ2) is 6.33. The maximum atomic E-state index is 13.1. The zero-order chi connectivity index (χ0) is 18.4. The molecule has 3 aromatic rings. The van der Waals surface area contributed by atoms with E-state index in [1.807, 2.05) is 0 Å². The van der Waals surface area contributed by atoms with Crippen LogP contribution in [0.15, 0.2) is 46.3 Å². The Labute approximate surface area is 153 Å². The number of aliphatic carboxylic acids is 1. The summed E-state index contributed by atoms with van der Waals surface area (Å²) < 4.78 is 27.6. The van der Waals surface area contributed by atoms with E-state index in [0.29, 0.717) is 5.02 Å². The predicted molar refractivity (Wildman–Crippen MR) is 94.0 cm³/mol. The number of halogens is 2. The number of hydrogen-bond acceptors (Lipinski definition) is 4. The molecular formula is C16H12Cl2N2O4S. The van der Waals surface area contributed by atoms with Gasteiger partial charge in [-0.1, -0.05) is 23.2 Å². The molecule has 0 amide bonds. The van der Waals surface area contributed by atoms with Crippen LogP contribution in [-0.2, 0) is 21.2 Å². The molecule has 9 heteroatoms.